The molecule has 2 N–H and O–H groups in total. The third kappa shape index (κ3) is 3.80. The lowest BCUT2D eigenvalue weighted by Gasteiger charge is -2.23. The van der Waals surface area contributed by atoms with E-state index in [9.17, 15) is 5.11 Å². The lowest BCUT2D eigenvalue weighted by Crippen LogP contribution is -2.28. The molecular formula is C24H23N5O4. The zero-order chi connectivity index (χ0) is 22.2. The molecule has 9 nitrogen and oxygen atoms in total. The normalized spacial score (nSPS) is 16.1. The summed E-state index contributed by atoms with van der Waals surface area (Å²) in [6, 6.07) is 13.0. The quantitative estimate of drug-likeness (QED) is 0.492. The average molecular weight is 445 g/mol. The summed E-state index contributed by atoms with van der Waals surface area (Å²) in [7, 11) is 0. The first-order valence-corrected chi connectivity index (χ1v) is 11.0. The molecule has 168 valence electrons. The predicted molar refractivity (Wildman–Crippen MR) is 122 cm³/mol. The highest BCUT2D eigenvalue weighted by atomic mass is 16.6. The Hall–Kier alpha value is -3.85. The smallest absolute Gasteiger partial charge is 0.224 e. The third-order valence-electron chi connectivity index (χ3n) is 5.86. The third-order valence-corrected chi connectivity index (χ3v) is 5.86. The number of hydrogen-bond donors (Lipinski definition) is 2. The minimum absolute atomic E-state index is 0.159. The number of phenols is 1. The van der Waals surface area contributed by atoms with Crippen molar-refractivity contribution in [2.45, 2.75) is 18.9 Å². The number of aromatic nitrogens is 4. The molecular weight excluding hydrogens is 422 g/mol. The number of rotatable bonds is 4. The minimum atomic E-state index is 0.159. The minimum Gasteiger partial charge on any atom is -0.508 e. The summed E-state index contributed by atoms with van der Waals surface area (Å²) in [5.41, 5.74) is 2.35. The first-order valence-electron chi connectivity index (χ1n) is 11.0. The number of imidazole rings is 1. The highest BCUT2D eigenvalue weighted by Gasteiger charge is 2.20. The molecule has 1 saturated heterocycles. The van der Waals surface area contributed by atoms with Gasteiger partial charge in [0.2, 0.25) is 5.95 Å². The zero-order valence-electron chi connectivity index (χ0n) is 17.9. The molecule has 0 radical (unpaired) electrons. The first kappa shape index (κ1) is 19.8. The molecule has 0 amide bonds. The summed E-state index contributed by atoms with van der Waals surface area (Å²) < 4.78 is 18.8. The Bertz CT molecular complexity index is 1320. The van der Waals surface area contributed by atoms with E-state index in [0.717, 1.165) is 48.4 Å². The molecule has 0 spiro atoms. The lowest BCUT2D eigenvalue weighted by atomic mass is 10.1. The number of benzene rings is 2. The van der Waals surface area contributed by atoms with E-state index >= 15 is 0 Å². The van der Waals surface area contributed by atoms with Crippen LogP contribution in [0.4, 0.5) is 5.95 Å². The van der Waals surface area contributed by atoms with Crippen LogP contribution in [0.3, 0.4) is 0 Å². The Balaban J connectivity index is 1.46. The van der Waals surface area contributed by atoms with Crippen molar-refractivity contribution in [3.63, 3.8) is 0 Å². The van der Waals surface area contributed by atoms with E-state index in [1.807, 2.05) is 28.8 Å². The van der Waals surface area contributed by atoms with Crippen LogP contribution in [0.1, 0.15) is 12.8 Å². The van der Waals surface area contributed by atoms with Gasteiger partial charge in [-0.3, -0.25) is 4.57 Å². The van der Waals surface area contributed by atoms with Crippen LogP contribution >= 0.6 is 0 Å². The van der Waals surface area contributed by atoms with Crippen molar-refractivity contribution in [2.75, 3.05) is 31.7 Å². The van der Waals surface area contributed by atoms with Crippen molar-refractivity contribution in [3.8, 4) is 34.5 Å². The van der Waals surface area contributed by atoms with E-state index in [-0.39, 0.29) is 11.8 Å². The number of anilines is 1. The standard InChI is InChI=1S/C24H23N5O4/c30-17-2-3-18-19(14-17)29(22-5-8-25-24(28-22)26-16-6-9-31-10-7-16)23(27-18)15-1-4-20-21(13-15)33-12-11-32-20/h1-5,8,13-14,16,30H,6-7,9-12H2,(H,25,26,28). The maximum absolute atomic E-state index is 10.2. The van der Waals surface area contributed by atoms with Crippen molar-refractivity contribution in [3.05, 3.63) is 48.7 Å². The topological polar surface area (TPSA) is 104 Å². The molecule has 2 aromatic heterocycles. The Morgan fingerprint density at radius 3 is 2.64 bits per heavy atom. The van der Waals surface area contributed by atoms with Gasteiger partial charge in [0, 0.05) is 37.1 Å². The molecule has 4 heterocycles. The van der Waals surface area contributed by atoms with Crippen LogP contribution in [0, 0.1) is 0 Å². The SMILES string of the molecule is Oc1ccc2nc(-c3ccc4c(c3)OCCO4)n(-c3ccnc(NC4CCOCC4)n3)c2c1. The van der Waals surface area contributed by atoms with Gasteiger partial charge in [0.1, 0.15) is 30.6 Å². The van der Waals surface area contributed by atoms with E-state index < -0.39 is 0 Å². The Kier molecular flexibility index (Phi) is 4.95. The van der Waals surface area contributed by atoms with Gasteiger partial charge in [-0.1, -0.05) is 0 Å². The molecule has 0 saturated carbocycles. The molecule has 0 aliphatic carbocycles. The fraction of sp³-hybridized carbons (Fsp3) is 0.292. The van der Waals surface area contributed by atoms with Crippen molar-refractivity contribution < 1.29 is 19.3 Å². The van der Waals surface area contributed by atoms with Crippen molar-refractivity contribution in [1.82, 2.24) is 19.5 Å². The van der Waals surface area contributed by atoms with Crippen LogP contribution in [-0.4, -0.2) is 57.1 Å². The van der Waals surface area contributed by atoms with E-state index in [1.165, 1.54) is 0 Å². The number of nitrogens with zero attached hydrogens (tertiary/aromatic N) is 4. The summed E-state index contributed by atoms with van der Waals surface area (Å²) >= 11 is 0. The number of aromatic hydroxyl groups is 1. The van der Waals surface area contributed by atoms with E-state index in [0.29, 0.717) is 36.6 Å². The molecule has 2 aliphatic heterocycles. The van der Waals surface area contributed by atoms with Crippen LogP contribution < -0.4 is 14.8 Å². The van der Waals surface area contributed by atoms with Gasteiger partial charge < -0.3 is 24.6 Å². The molecule has 6 rings (SSSR count). The molecule has 0 atom stereocenters. The van der Waals surface area contributed by atoms with E-state index in [2.05, 4.69) is 10.3 Å². The Morgan fingerprint density at radius 1 is 0.909 bits per heavy atom. The zero-order valence-corrected chi connectivity index (χ0v) is 17.9. The second kappa shape index (κ2) is 8.25. The lowest BCUT2D eigenvalue weighted by molar-refractivity contribution is 0.0903. The molecule has 2 aromatic carbocycles. The number of hydrogen-bond acceptors (Lipinski definition) is 8. The van der Waals surface area contributed by atoms with Gasteiger partial charge in [-0.05, 0) is 49.2 Å². The molecule has 4 aromatic rings. The summed E-state index contributed by atoms with van der Waals surface area (Å²) in [6.45, 7) is 2.51. The fourth-order valence-corrected chi connectivity index (χ4v) is 4.24. The van der Waals surface area contributed by atoms with Gasteiger partial charge >= 0.3 is 0 Å². The van der Waals surface area contributed by atoms with Crippen LogP contribution in [-0.2, 0) is 4.74 Å². The van der Waals surface area contributed by atoms with Gasteiger partial charge in [-0.15, -0.1) is 0 Å². The summed E-state index contributed by atoms with van der Waals surface area (Å²) in [5, 5.41) is 13.6. The Labute approximate surface area is 190 Å². The van der Waals surface area contributed by atoms with E-state index in [1.54, 1.807) is 24.4 Å². The van der Waals surface area contributed by atoms with Crippen molar-refractivity contribution in [1.29, 1.82) is 0 Å². The Morgan fingerprint density at radius 2 is 1.76 bits per heavy atom. The van der Waals surface area contributed by atoms with Gasteiger partial charge in [-0.25, -0.2) is 9.97 Å². The fourth-order valence-electron chi connectivity index (χ4n) is 4.24. The summed E-state index contributed by atoms with van der Waals surface area (Å²) in [5.74, 6) is 3.45. The van der Waals surface area contributed by atoms with Gasteiger partial charge in [0.15, 0.2) is 11.5 Å². The van der Waals surface area contributed by atoms with Gasteiger partial charge in [-0.2, -0.15) is 4.98 Å². The number of fused-ring (bicyclic) bond motifs is 2. The monoisotopic (exact) mass is 445 g/mol. The van der Waals surface area contributed by atoms with Crippen LogP contribution in [0.5, 0.6) is 17.2 Å². The van der Waals surface area contributed by atoms with E-state index in [4.69, 9.17) is 24.2 Å². The maximum Gasteiger partial charge on any atom is 0.224 e. The molecule has 0 bridgehead atoms. The summed E-state index contributed by atoms with van der Waals surface area (Å²) in [4.78, 5) is 14.1. The first-order chi connectivity index (χ1) is 16.2. The van der Waals surface area contributed by atoms with Crippen LogP contribution in [0.2, 0.25) is 0 Å². The van der Waals surface area contributed by atoms with Crippen molar-refractivity contribution >= 4 is 17.0 Å². The highest BCUT2D eigenvalue weighted by molar-refractivity contribution is 5.84. The second-order valence-corrected chi connectivity index (χ2v) is 8.07. The van der Waals surface area contributed by atoms with Crippen LogP contribution in [0.25, 0.3) is 28.2 Å². The molecule has 9 heteroatoms. The van der Waals surface area contributed by atoms with Crippen LogP contribution in [0.15, 0.2) is 48.7 Å². The van der Waals surface area contributed by atoms with Crippen molar-refractivity contribution in [2.24, 2.45) is 0 Å². The average Bonchev–Trinajstić information content (AvgIpc) is 3.23. The number of phenolic OH excluding ortho intramolecular Hbond substituents is 1. The molecule has 2 aliphatic rings. The molecule has 0 unspecified atom stereocenters. The highest BCUT2D eigenvalue weighted by Crippen LogP contribution is 2.36. The summed E-state index contributed by atoms with van der Waals surface area (Å²) in [6.07, 6.45) is 3.56. The number of nitrogens with one attached hydrogen (secondary N) is 1. The second-order valence-electron chi connectivity index (χ2n) is 8.07. The van der Waals surface area contributed by atoms with Gasteiger partial charge in [0.25, 0.3) is 0 Å². The largest absolute Gasteiger partial charge is 0.508 e. The molecule has 33 heavy (non-hydrogen) atoms. The molecule has 1 fully saturated rings. The predicted octanol–water partition coefficient (Wildman–Crippen LogP) is 3.55. The number of ether oxygens (including phenoxy) is 3. The van der Waals surface area contributed by atoms with Gasteiger partial charge in [0.05, 0.1) is 11.0 Å². The maximum atomic E-state index is 10.2.